The molecular formula is C18H27Cl2N3O2. The number of carbonyl (C=O) groups is 1. The number of hydrogen-bond acceptors (Lipinski definition) is 4. The number of nitrogens with two attached hydrogens (primary N) is 1. The summed E-state index contributed by atoms with van der Waals surface area (Å²) in [6, 6.07) is 9.78. The first-order chi connectivity index (χ1) is 10.9. The van der Waals surface area contributed by atoms with Gasteiger partial charge in [0, 0.05) is 24.9 Å². The van der Waals surface area contributed by atoms with Gasteiger partial charge in [0.05, 0.1) is 11.7 Å². The number of carbonyl (C=O) groups excluding carboxylic acids is 1. The van der Waals surface area contributed by atoms with Crippen molar-refractivity contribution in [2.75, 3.05) is 6.54 Å². The van der Waals surface area contributed by atoms with Gasteiger partial charge in [0.15, 0.2) is 11.7 Å². The molecule has 0 radical (unpaired) electrons. The van der Waals surface area contributed by atoms with Crippen molar-refractivity contribution in [3.63, 3.8) is 0 Å². The van der Waals surface area contributed by atoms with Crippen LogP contribution < -0.4 is 11.1 Å². The van der Waals surface area contributed by atoms with Gasteiger partial charge in [-0.2, -0.15) is 0 Å². The summed E-state index contributed by atoms with van der Waals surface area (Å²) >= 11 is 0. The summed E-state index contributed by atoms with van der Waals surface area (Å²) in [5.41, 5.74) is 6.38. The van der Waals surface area contributed by atoms with Gasteiger partial charge in [-0.1, -0.05) is 44.2 Å². The Morgan fingerprint density at radius 2 is 1.92 bits per heavy atom. The number of aryl methyl sites for hydroxylation is 1. The van der Waals surface area contributed by atoms with E-state index in [0.717, 1.165) is 11.3 Å². The van der Waals surface area contributed by atoms with E-state index in [9.17, 15) is 4.79 Å². The van der Waals surface area contributed by atoms with Crippen molar-refractivity contribution in [3.8, 4) is 11.3 Å². The molecule has 0 bridgehead atoms. The summed E-state index contributed by atoms with van der Waals surface area (Å²) < 4.78 is 5.71. The predicted molar refractivity (Wildman–Crippen MR) is 105 cm³/mol. The molecule has 0 aliphatic rings. The molecule has 2 rings (SSSR count). The van der Waals surface area contributed by atoms with E-state index in [1.54, 1.807) is 6.20 Å². The molecule has 1 unspecified atom stereocenters. The van der Waals surface area contributed by atoms with Crippen LogP contribution in [0, 0.1) is 5.92 Å². The Bertz CT molecular complexity index is 647. The lowest BCUT2D eigenvalue weighted by atomic mass is 9.88. The molecule has 1 aromatic heterocycles. The van der Waals surface area contributed by atoms with Crippen LogP contribution in [0.2, 0.25) is 0 Å². The molecule has 1 amide bonds. The van der Waals surface area contributed by atoms with Crippen molar-refractivity contribution in [3.05, 3.63) is 42.4 Å². The van der Waals surface area contributed by atoms with Gasteiger partial charge in [0.1, 0.15) is 0 Å². The van der Waals surface area contributed by atoms with E-state index in [0.29, 0.717) is 25.3 Å². The van der Waals surface area contributed by atoms with Gasteiger partial charge >= 0.3 is 0 Å². The molecule has 0 saturated carbocycles. The van der Waals surface area contributed by atoms with Crippen LogP contribution in [0.25, 0.3) is 11.3 Å². The van der Waals surface area contributed by atoms with Crippen molar-refractivity contribution in [1.29, 1.82) is 0 Å². The van der Waals surface area contributed by atoms with Crippen LogP contribution in [-0.4, -0.2) is 23.0 Å². The molecule has 1 heterocycles. The lowest BCUT2D eigenvalue weighted by Gasteiger charge is -2.33. The van der Waals surface area contributed by atoms with Crippen molar-refractivity contribution >= 4 is 30.7 Å². The van der Waals surface area contributed by atoms with Gasteiger partial charge in [0.2, 0.25) is 5.91 Å². The van der Waals surface area contributed by atoms with Crippen LogP contribution in [-0.2, 0) is 11.2 Å². The summed E-state index contributed by atoms with van der Waals surface area (Å²) in [6.07, 6.45) is 2.50. The topological polar surface area (TPSA) is 81.1 Å². The van der Waals surface area contributed by atoms with Gasteiger partial charge in [0.25, 0.3) is 0 Å². The summed E-state index contributed by atoms with van der Waals surface area (Å²) in [4.78, 5) is 16.4. The van der Waals surface area contributed by atoms with Gasteiger partial charge in [-0.15, -0.1) is 24.8 Å². The first-order valence-electron chi connectivity index (χ1n) is 7.96. The fourth-order valence-electron chi connectivity index (χ4n) is 2.19. The second-order valence-electron chi connectivity index (χ2n) is 6.31. The molecule has 0 saturated heterocycles. The van der Waals surface area contributed by atoms with Gasteiger partial charge in [-0.25, -0.2) is 4.98 Å². The Morgan fingerprint density at radius 3 is 2.48 bits per heavy atom. The number of benzene rings is 1. The Labute approximate surface area is 161 Å². The number of rotatable bonds is 7. The van der Waals surface area contributed by atoms with E-state index in [2.05, 4.69) is 10.3 Å². The molecule has 0 fully saturated rings. The normalized spacial score (nSPS) is 12.7. The number of oxazole rings is 1. The molecule has 1 aromatic carbocycles. The Kier molecular flexibility index (Phi) is 9.78. The van der Waals surface area contributed by atoms with Gasteiger partial charge in [-0.05, 0) is 12.8 Å². The van der Waals surface area contributed by atoms with Gasteiger partial charge in [-0.3, -0.25) is 4.79 Å². The number of amides is 1. The third-order valence-corrected chi connectivity index (χ3v) is 4.30. The van der Waals surface area contributed by atoms with Crippen LogP contribution in [0.5, 0.6) is 0 Å². The minimum absolute atomic E-state index is 0. The quantitative estimate of drug-likeness (QED) is 0.759. The third-order valence-electron chi connectivity index (χ3n) is 4.30. The third kappa shape index (κ3) is 6.34. The first kappa shape index (κ1) is 23.4. The highest BCUT2D eigenvalue weighted by atomic mass is 35.5. The van der Waals surface area contributed by atoms with Crippen molar-refractivity contribution in [2.24, 2.45) is 11.7 Å². The van der Waals surface area contributed by atoms with Crippen molar-refractivity contribution in [2.45, 2.75) is 39.2 Å². The molecule has 0 aliphatic heterocycles. The fraction of sp³-hybridized carbons (Fsp3) is 0.444. The molecule has 7 heteroatoms. The maximum Gasteiger partial charge on any atom is 0.220 e. The zero-order valence-corrected chi connectivity index (χ0v) is 16.5. The van der Waals surface area contributed by atoms with Crippen LogP contribution in [0.4, 0.5) is 0 Å². The summed E-state index contributed by atoms with van der Waals surface area (Å²) in [6.45, 7) is 6.47. The number of hydrogen-bond donors (Lipinski definition) is 2. The highest BCUT2D eigenvalue weighted by Gasteiger charge is 2.28. The molecule has 140 valence electrons. The average molecular weight is 388 g/mol. The van der Waals surface area contributed by atoms with Crippen molar-refractivity contribution < 1.29 is 9.21 Å². The van der Waals surface area contributed by atoms with E-state index in [4.69, 9.17) is 10.2 Å². The monoisotopic (exact) mass is 387 g/mol. The zero-order valence-electron chi connectivity index (χ0n) is 14.8. The number of halogens is 2. The van der Waals surface area contributed by atoms with E-state index < -0.39 is 0 Å². The molecule has 0 spiro atoms. The van der Waals surface area contributed by atoms with Crippen LogP contribution >= 0.6 is 24.8 Å². The maximum atomic E-state index is 12.1. The van der Waals surface area contributed by atoms with Crippen LogP contribution in [0.3, 0.4) is 0 Å². The fourth-order valence-corrected chi connectivity index (χ4v) is 2.19. The van der Waals surface area contributed by atoms with Crippen molar-refractivity contribution in [1.82, 2.24) is 10.3 Å². The smallest absolute Gasteiger partial charge is 0.220 e. The molecular weight excluding hydrogens is 361 g/mol. The highest BCUT2D eigenvalue weighted by molar-refractivity contribution is 5.85. The van der Waals surface area contributed by atoms with Gasteiger partial charge < -0.3 is 15.5 Å². The summed E-state index contributed by atoms with van der Waals surface area (Å²) in [5, 5.41) is 3.02. The second kappa shape index (κ2) is 10.4. The standard InChI is InChI=1S/C18H25N3O2.2ClH/c1-13(2)18(3,12-19)21-16(22)9-10-17-20-11-15(23-17)14-7-5-4-6-8-14;;/h4-8,11,13H,9-10,12,19H2,1-3H3,(H,21,22);2*1H. The Hall–Kier alpha value is -1.56. The van der Waals surface area contributed by atoms with Crippen LogP contribution in [0.15, 0.2) is 40.9 Å². The minimum atomic E-state index is -0.386. The summed E-state index contributed by atoms with van der Waals surface area (Å²) in [5.74, 6) is 1.52. The Morgan fingerprint density at radius 1 is 1.28 bits per heavy atom. The summed E-state index contributed by atoms with van der Waals surface area (Å²) in [7, 11) is 0. The number of nitrogens with one attached hydrogen (secondary N) is 1. The molecule has 5 nitrogen and oxygen atoms in total. The molecule has 2 aromatic rings. The molecule has 1 atom stereocenters. The minimum Gasteiger partial charge on any atom is -0.441 e. The lowest BCUT2D eigenvalue weighted by molar-refractivity contribution is -0.123. The Balaban J connectivity index is 0.00000288. The van der Waals surface area contributed by atoms with E-state index in [1.807, 2.05) is 51.1 Å². The number of aromatic nitrogens is 1. The lowest BCUT2D eigenvalue weighted by Crippen LogP contribution is -2.55. The largest absolute Gasteiger partial charge is 0.441 e. The number of nitrogens with zero attached hydrogens (tertiary/aromatic N) is 1. The van der Waals surface area contributed by atoms with E-state index in [-0.39, 0.29) is 42.2 Å². The highest BCUT2D eigenvalue weighted by Crippen LogP contribution is 2.20. The second-order valence-corrected chi connectivity index (χ2v) is 6.31. The van der Waals surface area contributed by atoms with E-state index in [1.165, 1.54) is 0 Å². The molecule has 25 heavy (non-hydrogen) atoms. The van der Waals surface area contributed by atoms with Crippen LogP contribution in [0.1, 0.15) is 33.1 Å². The SMILES string of the molecule is CC(C)C(C)(CN)NC(=O)CCc1ncc(-c2ccccc2)o1.Cl.Cl. The average Bonchev–Trinajstić information content (AvgIpc) is 3.02. The predicted octanol–water partition coefficient (Wildman–Crippen LogP) is 3.61. The molecule has 3 N–H and O–H groups in total. The molecule has 0 aliphatic carbocycles. The zero-order chi connectivity index (χ0) is 16.9. The first-order valence-corrected chi connectivity index (χ1v) is 7.96. The maximum absolute atomic E-state index is 12.1. The van der Waals surface area contributed by atoms with E-state index >= 15 is 0 Å².